The van der Waals surface area contributed by atoms with Gasteiger partial charge in [-0.1, -0.05) is 0 Å². The van der Waals surface area contributed by atoms with Crippen LogP contribution < -0.4 is 10.1 Å². The molecule has 0 aliphatic carbocycles. The van der Waals surface area contributed by atoms with E-state index in [0.29, 0.717) is 10.2 Å². The van der Waals surface area contributed by atoms with Crippen LogP contribution in [-0.4, -0.2) is 33.1 Å². The number of anilines is 2. The number of benzene rings is 1. The quantitative estimate of drug-likeness (QED) is 0.866. The van der Waals surface area contributed by atoms with Gasteiger partial charge in [0.25, 0.3) is 0 Å². The minimum atomic E-state index is -1.05. The minimum Gasteiger partial charge on any atom is -0.478 e. The van der Waals surface area contributed by atoms with Crippen LogP contribution in [0, 0.1) is 0 Å². The average molecular weight is 360 g/mol. The highest BCUT2D eigenvalue weighted by atomic mass is 79.9. The van der Waals surface area contributed by atoms with Crippen molar-refractivity contribution in [3.63, 3.8) is 0 Å². The molecule has 9 heteroatoms. The van der Waals surface area contributed by atoms with Crippen molar-refractivity contribution >= 4 is 45.1 Å². The molecule has 0 saturated heterocycles. The van der Waals surface area contributed by atoms with Crippen molar-refractivity contribution < 1.29 is 14.6 Å². The molecule has 0 radical (unpaired) electrons. The summed E-state index contributed by atoms with van der Waals surface area (Å²) in [5, 5.41) is 11.8. The Bertz CT molecular complexity index is 668. The summed E-state index contributed by atoms with van der Waals surface area (Å²) in [4.78, 5) is 22.6. The number of hydrogen-bond donors (Lipinski definition) is 2. The van der Waals surface area contributed by atoms with Crippen LogP contribution in [0.3, 0.4) is 0 Å². The first-order valence-electron chi connectivity index (χ1n) is 5.25. The lowest BCUT2D eigenvalue weighted by molar-refractivity contribution is 0.0696. The van der Waals surface area contributed by atoms with E-state index in [1.165, 1.54) is 13.2 Å². The zero-order chi connectivity index (χ0) is 14.7. The Labute approximate surface area is 127 Å². The van der Waals surface area contributed by atoms with Crippen molar-refractivity contribution in [2.75, 3.05) is 12.4 Å². The third kappa shape index (κ3) is 3.34. The summed E-state index contributed by atoms with van der Waals surface area (Å²) >= 11 is 8.88. The number of aromatic nitrogens is 3. The molecule has 1 aromatic carbocycles. The Morgan fingerprint density at radius 1 is 1.40 bits per heavy atom. The summed E-state index contributed by atoms with van der Waals surface area (Å²) in [6.07, 6.45) is 0. The molecule has 0 atom stereocenters. The maximum Gasteiger partial charge on any atom is 0.336 e. The van der Waals surface area contributed by atoms with Gasteiger partial charge in [0.15, 0.2) is 0 Å². The highest BCUT2D eigenvalue weighted by molar-refractivity contribution is 9.10. The average Bonchev–Trinajstić information content (AvgIpc) is 2.40. The molecule has 20 heavy (non-hydrogen) atoms. The lowest BCUT2D eigenvalue weighted by atomic mass is 10.2. The second-order valence-electron chi connectivity index (χ2n) is 3.54. The van der Waals surface area contributed by atoms with E-state index in [9.17, 15) is 4.79 Å². The minimum absolute atomic E-state index is 0.0325. The van der Waals surface area contributed by atoms with E-state index in [4.69, 9.17) is 21.4 Å². The van der Waals surface area contributed by atoms with Crippen LogP contribution in [0.15, 0.2) is 22.7 Å². The fourth-order valence-corrected chi connectivity index (χ4v) is 1.94. The Kier molecular flexibility index (Phi) is 4.35. The molecule has 2 aromatic rings. The first-order valence-corrected chi connectivity index (χ1v) is 6.42. The van der Waals surface area contributed by atoms with E-state index in [1.807, 2.05) is 0 Å². The SMILES string of the molecule is COc1nc(Cl)nc(Nc2ccc(Br)c(C(=O)O)c2)n1. The largest absolute Gasteiger partial charge is 0.478 e. The highest BCUT2D eigenvalue weighted by Gasteiger charge is 2.11. The number of nitrogens with zero attached hydrogens (tertiary/aromatic N) is 3. The number of rotatable bonds is 4. The number of carboxylic acid groups (broad SMARTS) is 1. The van der Waals surface area contributed by atoms with Crippen molar-refractivity contribution in [3.8, 4) is 6.01 Å². The fourth-order valence-electron chi connectivity index (χ4n) is 1.38. The van der Waals surface area contributed by atoms with Crippen LogP contribution in [0.25, 0.3) is 0 Å². The number of halogens is 2. The van der Waals surface area contributed by atoms with E-state index >= 15 is 0 Å². The number of ether oxygens (including phenoxy) is 1. The van der Waals surface area contributed by atoms with Gasteiger partial charge in [-0.25, -0.2) is 4.79 Å². The van der Waals surface area contributed by atoms with Gasteiger partial charge in [0.05, 0.1) is 12.7 Å². The Morgan fingerprint density at radius 3 is 2.80 bits per heavy atom. The van der Waals surface area contributed by atoms with E-state index in [0.717, 1.165) is 0 Å². The van der Waals surface area contributed by atoms with Crippen LogP contribution in [-0.2, 0) is 0 Å². The number of carboxylic acids is 1. The molecule has 0 saturated carbocycles. The maximum atomic E-state index is 11.0. The van der Waals surface area contributed by atoms with Crippen molar-refractivity contribution in [2.45, 2.75) is 0 Å². The monoisotopic (exact) mass is 358 g/mol. The summed E-state index contributed by atoms with van der Waals surface area (Å²) in [5.41, 5.74) is 0.608. The summed E-state index contributed by atoms with van der Waals surface area (Å²) in [6, 6.07) is 4.77. The van der Waals surface area contributed by atoms with E-state index in [1.54, 1.807) is 12.1 Å². The third-order valence-electron chi connectivity index (χ3n) is 2.22. The Morgan fingerprint density at radius 2 is 2.15 bits per heavy atom. The van der Waals surface area contributed by atoms with Gasteiger partial charge in [0.2, 0.25) is 11.2 Å². The molecule has 0 aliphatic heterocycles. The van der Waals surface area contributed by atoms with Gasteiger partial charge in [-0.3, -0.25) is 0 Å². The molecule has 7 nitrogen and oxygen atoms in total. The van der Waals surface area contributed by atoms with Gasteiger partial charge >= 0.3 is 12.0 Å². The van der Waals surface area contributed by atoms with Crippen molar-refractivity contribution in [1.29, 1.82) is 0 Å². The number of carbonyl (C=O) groups is 1. The third-order valence-corrected chi connectivity index (χ3v) is 3.08. The van der Waals surface area contributed by atoms with Gasteiger partial charge in [-0.2, -0.15) is 15.0 Å². The second-order valence-corrected chi connectivity index (χ2v) is 4.73. The standard InChI is InChI=1S/C11H8BrClN4O3/c1-20-11-16-9(13)15-10(17-11)14-5-2-3-7(12)6(4-5)8(18)19/h2-4H,1H3,(H,18,19)(H,14,15,16,17). The molecule has 0 bridgehead atoms. The number of hydrogen-bond acceptors (Lipinski definition) is 6. The second kappa shape index (κ2) is 6.02. The van der Waals surface area contributed by atoms with Crippen molar-refractivity contribution in [3.05, 3.63) is 33.5 Å². The van der Waals surface area contributed by atoms with Gasteiger partial charge < -0.3 is 15.2 Å². The predicted octanol–water partition coefficient (Wildman–Crippen LogP) is 2.74. The molecular weight excluding hydrogens is 352 g/mol. The first kappa shape index (κ1) is 14.5. The number of aromatic carboxylic acids is 1. The molecule has 0 aliphatic rings. The van der Waals surface area contributed by atoms with Crippen LogP contribution in [0.5, 0.6) is 6.01 Å². The molecule has 1 aromatic heterocycles. The molecule has 0 spiro atoms. The fraction of sp³-hybridized carbons (Fsp3) is 0.0909. The molecule has 2 rings (SSSR count). The summed E-state index contributed by atoms with van der Waals surface area (Å²) in [7, 11) is 1.40. The maximum absolute atomic E-state index is 11.0. The van der Waals surface area contributed by atoms with Crippen LogP contribution in [0.4, 0.5) is 11.6 Å². The molecule has 0 amide bonds. The van der Waals surface area contributed by atoms with Crippen molar-refractivity contribution in [1.82, 2.24) is 15.0 Å². The summed E-state index contributed by atoms with van der Waals surface area (Å²) in [6.45, 7) is 0. The predicted molar refractivity (Wildman–Crippen MR) is 75.8 cm³/mol. The lowest BCUT2D eigenvalue weighted by Gasteiger charge is -2.07. The smallest absolute Gasteiger partial charge is 0.336 e. The first-order chi connectivity index (χ1) is 9.49. The molecule has 104 valence electrons. The number of methoxy groups -OCH3 is 1. The molecule has 1 heterocycles. The Hall–Kier alpha value is -1.93. The normalized spacial score (nSPS) is 10.2. The highest BCUT2D eigenvalue weighted by Crippen LogP contribution is 2.23. The zero-order valence-electron chi connectivity index (χ0n) is 10.1. The Balaban J connectivity index is 2.32. The van der Waals surface area contributed by atoms with Crippen LogP contribution in [0.2, 0.25) is 5.28 Å². The van der Waals surface area contributed by atoms with Gasteiger partial charge in [-0.05, 0) is 45.7 Å². The van der Waals surface area contributed by atoms with Gasteiger partial charge in [0.1, 0.15) is 0 Å². The molecule has 2 N–H and O–H groups in total. The van der Waals surface area contributed by atoms with Gasteiger partial charge in [-0.15, -0.1) is 0 Å². The summed E-state index contributed by atoms with van der Waals surface area (Å²) < 4.78 is 5.34. The van der Waals surface area contributed by atoms with E-state index in [-0.39, 0.29) is 22.8 Å². The van der Waals surface area contributed by atoms with Gasteiger partial charge in [0, 0.05) is 10.2 Å². The number of nitrogens with one attached hydrogen (secondary N) is 1. The van der Waals surface area contributed by atoms with Crippen molar-refractivity contribution in [2.24, 2.45) is 0 Å². The van der Waals surface area contributed by atoms with Crippen LogP contribution >= 0.6 is 27.5 Å². The van der Waals surface area contributed by atoms with E-state index < -0.39 is 5.97 Å². The lowest BCUT2D eigenvalue weighted by Crippen LogP contribution is -2.03. The molecule has 0 fully saturated rings. The van der Waals surface area contributed by atoms with Crippen LogP contribution in [0.1, 0.15) is 10.4 Å². The molecular formula is C11H8BrClN4O3. The zero-order valence-corrected chi connectivity index (χ0v) is 12.4. The van der Waals surface area contributed by atoms with E-state index in [2.05, 4.69) is 36.2 Å². The summed E-state index contributed by atoms with van der Waals surface area (Å²) in [5.74, 6) is -0.896. The molecule has 0 unspecified atom stereocenters. The topological polar surface area (TPSA) is 97.2 Å².